The van der Waals surface area contributed by atoms with Gasteiger partial charge < -0.3 is 19.2 Å². The molecule has 1 N–H and O–H groups in total. The van der Waals surface area contributed by atoms with E-state index in [1.165, 1.54) is 0 Å². The summed E-state index contributed by atoms with van der Waals surface area (Å²) in [6.45, 7) is 7.52. The average molecular weight is 409 g/mol. The van der Waals surface area contributed by atoms with Crippen LogP contribution in [-0.4, -0.2) is 25.1 Å². The lowest BCUT2D eigenvalue weighted by molar-refractivity contribution is -0.123. The first-order valence-electron chi connectivity index (χ1n) is 10.0. The highest BCUT2D eigenvalue weighted by atomic mass is 16.6. The summed E-state index contributed by atoms with van der Waals surface area (Å²) in [7, 11) is 1.57. The summed E-state index contributed by atoms with van der Waals surface area (Å²) in [5.41, 5.74) is 2.98. The predicted molar refractivity (Wildman–Crippen MR) is 116 cm³/mol. The van der Waals surface area contributed by atoms with Gasteiger partial charge in [-0.05, 0) is 56.0 Å². The van der Waals surface area contributed by atoms with E-state index < -0.39 is 18.0 Å². The van der Waals surface area contributed by atoms with Gasteiger partial charge in [0.15, 0.2) is 6.10 Å². The highest BCUT2D eigenvalue weighted by Gasteiger charge is 2.25. The Balaban J connectivity index is 1.74. The van der Waals surface area contributed by atoms with Crippen LogP contribution in [0, 0.1) is 6.92 Å². The average Bonchev–Trinajstić information content (AvgIpc) is 3.09. The summed E-state index contributed by atoms with van der Waals surface area (Å²) in [6, 6.07) is 12.9. The first-order valence-corrected chi connectivity index (χ1v) is 10.0. The summed E-state index contributed by atoms with van der Waals surface area (Å²) in [4.78, 5) is 25.3. The molecular formula is C24H27NO5. The van der Waals surface area contributed by atoms with E-state index >= 15 is 0 Å². The fourth-order valence-electron chi connectivity index (χ4n) is 3.28. The van der Waals surface area contributed by atoms with Gasteiger partial charge in [-0.2, -0.15) is 0 Å². The maximum Gasteiger partial charge on any atom is 0.375 e. The largest absolute Gasteiger partial charge is 0.497 e. The number of furan rings is 1. The number of nitrogens with one attached hydrogen (secondary N) is 1. The molecule has 0 aliphatic rings. The van der Waals surface area contributed by atoms with Gasteiger partial charge in [-0.25, -0.2) is 4.79 Å². The quantitative estimate of drug-likeness (QED) is 0.525. The molecule has 0 saturated heterocycles. The molecule has 6 nitrogen and oxygen atoms in total. The van der Waals surface area contributed by atoms with Crippen LogP contribution in [0.3, 0.4) is 0 Å². The van der Waals surface area contributed by atoms with Crippen molar-refractivity contribution in [2.75, 3.05) is 12.4 Å². The van der Waals surface area contributed by atoms with Gasteiger partial charge in [0.2, 0.25) is 5.76 Å². The Bertz CT molecular complexity index is 1070. The van der Waals surface area contributed by atoms with Crippen LogP contribution in [0.15, 0.2) is 46.9 Å². The Labute approximate surface area is 176 Å². The van der Waals surface area contributed by atoms with Crippen LogP contribution in [0.2, 0.25) is 0 Å². The van der Waals surface area contributed by atoms with Gasteiger partial charge in [0.25, 0.3) is 5.91 Å². The SMILES string of the molecule is CC[C@H](C)c1ccccc1NC(=O)[C@H](C)OC(=O)c1oc2ccc(OC)cc2c1C. The Kier molecular flexibility index (Phi) is 6.45. The van der Waals surface area contributed by atoms with Crippen molar-refractivity contribution in [1.29, 1.82) is 0 Å². The monoisotopic (exact) mass is 409 g/mol. The smallest absolute Gasteiger partial charge is 0.375 e. The van der Waals surface area contributed by atoms with Crippen LogP contribution >= 0.6 is 0 Å². The van der Waals surface area contributed by atoms with Crippen molar-refractivity contribution in [3.05, 3.63) is 59.4 Å². The minimum atomic E-state index is -0.982. The summed E-state index contributed by atoms with van der Waals surface area (Å²) < 4.78 is 16.3. The Morgan fingerprint density at radius 1 is 1.13 bits per heavy atom. The van der Waals surface area contributed by atoms with Gasteiger partial charge in [-0.1, -0.05) is 32.0 Å². The number of carbonyl (C=O) groups is 2. The third-order valence-electron chi connectivity index (χ3n) is 5.34. The molecule has 1 aromatic heterocycles. The van der Waals surface area contributed by atoms with E-state index in [2.05, 4.69) is 19.2 Å². The van der Waals surface area contributed by atoms with Gasteiger partial charge in [-0.15, -0.1) is 0 Å². The predicted octanol–water partition coefficient (Wildman–Crippen LogP) is 5.45. The van der Waals surface area contributed by atoms with E-state index in [1.807, 2.05) is 24.3 Å². The first-order chi connectivity index (χ1) is 14.3. The standard InChI is InChI=1S/C24H27NO5/c1-6-14(2)18-9-7-8-10-20(18)25-23(26)16(4)29-24(27)22-15(3)19-13-17(28-5)11-12-21(19)30-22/h7-14,16H,6H2,1-5H3,(H,25,26)/t14-,16-/m0/s1. The molecule has 0 fully saturated rings. The molecule has 0 spiro atoms. The van der Waals surface area contributed by atoms with Crippen LogP contribution in [0.1, 0.15) is 54.8 Å². The van der Waals surface area contributed by atoms with Crippen molar-refractivity contribution in [1.82, 2.24) is 0 Å². The molecule has 0 radical (unpaired) electrons. The molecule has 3 aromatic rings. The zero-order valence-electron chi connectivity index (χ0n) is 17.9. The second kappa shape index (κ2) is 9.03. The van der Waals surface area contributed by atoms with Crippen LogP contribution < -0.4 is 10.1 Å². The van der Waals surface area contributed by atoms with Gasteiger partial charge in [0.1, 0.15) is 11.3 Å². The molecular weight excluding hydrogens is 382 g/mol. The molecule has 1 heterocycles. The molecule has 0 saturated carbocycles. The fourth-order valence-corrected chi connectivity index (χ4v) is 3.28. The van der Waals surface area contributed by atoms with Gasteiger partial charge in [0.05, 0.1) is 7.11 Å². The maximum absolute atomic E-state index is 12.7. The normalized spacial score (nSPS) is 13.0. The first kappa shape index (κ1) is 21.4. The Morgan fingerprint density at radius 2 is 1.87 bits per heavy atom. The number of aryl methyl sites for hydroxylation is 1. The zero-order valence-corrected chi connectivity index (χ0v) is 17.9. The number of amides is 1. The van der Waals surface area contributed by atoms with Crippen molar-refractivity contribution < 1.29 is 23.5 Å². The van der Waals surface area contributed by atoms with E-state index in [0.29, 0.717) is 22.8 Å². The molecule has 2 aromatic carbocycles. The molecule has 0 aliphatic carbocycles. The van der Waals surface area contributed by atoms with E-state index in [9.17, 15) is 9.59 Å². The highest BCUT2D eigenvalue weighted by molar-refractivity contribution is 5.99. The number of benzene rings is 2. The number of para-hydroxylation sites is 1. The van der Waals surface area contributed by atoms with E-state index in [-0.39, 0.29) is 5.76 Å². The van der Waals surface area contributed by atoms with Crippen LogP contribution in [0.25, 0.3) is 11.0 Å². The van der Waals surface area contributed by atoms with Gasteiger partial charge >= 0.3 is 5.97 Å². The van der Waals surface area contributed by atoms with Gasteiger partial charge in [-0.3, -0.25) is 4.79 Å². The maximum atomic E-state index is 12.7. The lowest BCUT2D eigenvalue weighted by atomic mass is 9.97. The minimum Gasteiger partial charge on any atom is -0.497 e. The van der Waals surface area contributed by atoms with Crippen molar-refractivity contribution in [2.45, 2.75) is 46.1 Å². The number of esters is 1. The van der Waals surface area contributed by atoms with E-state index in [0.717, 1.165) is 23.1 Å². The summed E-state index contributed by atoms with van der Waals surface area (Å²) in [5.74, 6) is -0.0263. The van der Waals surface area contributed by atoms with Crippen LogP contribution in [0.4, 0.5) is 5.69 Å². The molecule has 1 amide bonds. The Morgan fingerprint density at radius 3 is 2.57 bits per heavy atom. The summed E-state index contributed by atoms with van der Waals surface area (Å²) in [5, 5.41) is 3.64. The number of ether oxygens (including phenoxy) is 2. The number of rotatable bonds is 7. The van der Waals surface area contributed by atoms with Gasteiger partial charge in [0, 0.05) is 16.6 Å². The Hall–Kier alpha value is -3.28. The number of carbonyl (C=O) groups excluding carboxylic acids is 2. The van der Waals surface area contributed by atoms with E-state index in [4.69, 9.17) is 13.9 Å². The summed E-state index contributed by atoms with van der Waals surface area (Å²) >= 11 is 0. The molecule has 30 heavy (non-hydrogen) atoms. The second-order valence-corrected chi connectivity index (χ2v) is 7.35. The molecule has 0 unspecified atom stereocenters. The van der Waals surface area contributed by atoms with Crippen molar-refractivity contribution in [2.24, 2.45) is 0 Å². The molecule has 6 heteroatoms. The van der Waals surface area contributed by atoms with Crippen molar-refractivity contribution >= 4 is 28.5 Å². The number of fused-ring (bicyclic) bond motifs is 1. The number of methoxy groups -OCH3 is 1. The number of hydrogen-bond acceptors (Lipinski definition) is 5. The second-order valence-electron chi connectivity index (χ2n) is 7.35. The van der Waals surface area contributed by atoms with Crippen LogP contribution in [-0.2, 0) is 9.53 Å². The number of hydrogen-bond donors (Lipinski definition) is 1. The highest BCUT2D eigenvalue weighted by Crippen LogP contribution is 2.30. The third-order valence-corrected chi connectivity index (χ3v) is 5.34. The lowest BCUT2D eigenvalue weighted by Crippen LogP contribution is -2.30. The van der Waals surface area contributed by atoms with Crippen molar-refractivity contribution in [3.8, 4) is 5.75 Å². The topological polar surface area (TPSA) is 77.8 Å². The third kappa shape index (κ3) is 4.32. The minimum absolute atomic E-state index is 0.0814. The molecule has 0 aliphatic heterocycles. The zero-order chi connectivity index (χ0) is 21.8. The molecule has 158 valence electrons. The van der Waals surface area contributed by atoms with Crippen LogP contribution in [0.5, 0.6) is 5.75 Å². The molecule has 0 bridgehead atoms. The van der Waals surface area contributed by atoms with Crippen molar-refractivity contribution in [3.63, 3.8) is 0 Å². The molecule has 2 atom stereocenters. The molecule has 3 rings (SSSR count). The lowest BCUT2D eigenvalue weighted by Gasteiger charge is -2.18. The van der Waals surface area contributed by atoms with E-state index in [1.54, 1.807) is 39.2 Å². The fraction of sp³-hybridized carbons (Fsp3) is 0.333. The number of anilines is 1. The summed E-state index contributed by atoms with van der Waals surface area (Å²) in [6.07, 6.45) is -0.0299.